The van der Waals surface area contributed by atoms with Gasteiger partial charge in [-0.1, -0.05) is 41.4 Å². The van der Waals surface area contributed by atoms with Gasteiger partial charge >= 0.3 is 0 Å². The normalized spacial score (nSPS) is 17.4. The van der Waals surface area contributed by atoms with Gasteiger partial charge in [-0.2, -0.15) is 0 Å². The first-order valence-electron chi connectivity index (χ1n) is 7.47. The Morgan fingerprint density at radius 1 is 1.17 bits per heavy atom. The first-order chi connectivity index (χ1) is 11.0. The summed E-state index contributed by atoms with van der Waals surface area (Å²) in [5.74, 6) is -0.238. The van der Waals surface area contributed by atoms with Crippen LogP contribution in [0.1, 0.15) is 22.3 Å². The van der Waals surface area contributed by atoms with Gasteiger partial charge in [-0.3, -0.25) is 9.59 Å². The predicted molar refractivity (Wildman–Crippen MR) is 90.9 cm³/mol. The number of anilines is 1. The van der Waals surface area contributed by atoms with Crippen LogP contribution in [0.3, 0.4) is 0 Å². The highest BCUT2D eigenvalue weighted by atomic mass is 35.5. The fourth-order valence-electron chi connectivity index (χ4n) is 2.69. The molecular weight excluding hydrogens is 312 g/mol. The van der Waals surface area contributed by atoms with Crippen molar-refractivity contribution in [2.24, 2.45) is 0 Å². The molecule has 2 amide bonds. The van der Waals surface area contributed by atoms with Crippen LogP contribution in [0, 0.1) is 6.92 Å². The van der Waals surface area contributed by atoms with Gasteiger partial charge in [-0.25, -0.2) is 0 Å². The van der Waals surface area contributed by atoms with Crippen LogP contribution in [0.4, 0.5) is 5.69 Å². The summed E-state index contributed by atoms with van der Waals surface area (Å²) in [6, 6.07) is 14.5. The van der Waals surface area contributed by atoms with Gasteiger partial charge < -0.3 is 10.2 Å². The lowest BCUT2D eigenvalue weighted by atomic mass is 10.2. The van der Waals surface area contributed by atoms with Crippen LogP contribution in [0.25, 0.3) is 0 Å². The molecule has 1 heterocycles. The number of aryl methyl sites for hydroxylation is 1. The molecule has 0 bridgehead atoms. The van der Waals surface area contributed by atoms with E-state index >= 15 is 0 Å². The summed E-state index contributed by atoms with van der Waals surface area (Å²) < 4.78 is 0. The molecule has 0 saturated carbocycles. The average molecular weight is 329 g/mol. The second kappa shape index (κ2) is 6.42. The summed E-state index contributed by atoms with van der Waals surface area (Å²) in [5, 5.41) is 3.30. The molecule has 118 valence electrons. The quantitative estimate of drug-likeness (QED) is 0.940. The summed E-state index contributed by atoms with van der Waals surface area (Å²) in [6.45, 7) is 2.47. The van der Waals surface area contributed by atoms with Crippen molar-refractivity contribution in [3.63, 3.8) is 0 Å². The molecule has 0 radical (unpaired) electrons. The Balaban J connectivity index is 1.69. The molecule has 2 aromatic carbocycles. The summed E-state index contributed by atoms with van der Waals surface area (Å²) in [4.78, 5) is 26.2. The fraction of sp³-hybridized carbons (Fsp3) is 0.222. The van der Waals surface area contributed by atoms with Crippen molar-refractivity contribution >= 4 is 29.1 Å². The van der Waals surface area contributed by atoms with Gasteiger partial charge in [0.15, 0.2) is 0 Å². The molecule has 1 atom stereocenters. The molecule has 5 heteroatoms. The lowest BCUT2D eigenvalue weighted by molar-refractivity contribution is -0.117. The third-order valence-corrected chi connectivity index (χ3v) is 4.25. The summed E-state index contributed by atoms with van der Waals surface area (Å²) in [7, 11) is 0. The molecule has 0 aromatic heterocycles. The van der Waals surface area contributed by atoms with Gasteiger partial charge in [-0.05, 0) is 31.2 Å². The maximum atomic E-state index is 12.3. The van der Waals surface area contributed by atoms with E-state index in [0.29, 0.717) is 23.6 Å². The van der Waals surface area contributed by atoms with E-state index < -0.39 is 0 Å². The third-order valence-electron chi connectivity index (χ3n) is 3.92. The number of hydrogen-bond acceptors (Lipinski definition) is 2. The Labute approximate surface area is 140 Å². The van der Waals surface area contributed by atoms with Gasteiger partial charge in [0.05, 0.1) is 16.6 Å². The van der Waals surface area contributed by atoms with Gasteiger partial charge in [0, 0.05) is 18.7 Å². The first-order valence-corrected chi connectivity index (χ1v) is 7.85. The van der Waals surface area contributed by atoms with Crippen LogP contribution >= 0.6 is 11.6 Å². The van der Waals surface area contributed by atoms with E-state index in [0.717, 1.165) is 11.3 Å². The third kappa shape index (κ3) is 3.37. The number of benzene rings is 2. The lowest BCUT2D eigenvalue weighted by Crippen LogP contribution is -2.37. The number of halogens is 1. The number of hydrogen-bond donors (Lipinski definition) is 1. The van der Waals surface area contributed by atoms with Gasteiger partial charge in [0.25, 0.3) is 5.91 Å². The summed E-state index contributed by atoms with van der Waals surface area (Å²) >= 11 is 6.03. The van der Waals surface area contributed by atoms with Crippen molar-refractivity contribution < 1.29 is 9.59 Å². The maximum absolute atomic E-state index is 12.3. The number of amides is 2. The predicted octanol–water partition coefficient (Wildman–Crippen LogP) is 3.18. The van der Waals surface area contributed by atoms with Crippen molar-refractivity contribution in [2.45, 2.75) is 19.4 Å². The smallest absolute Gasteiger partial charge is 0.253 e. The molecule has 0 spiro atoms. The van der Waals surface area contributed by atoms with Crippen LogP contribution in [0.2, 0.25) is 5.02 Å². The van der Waals surface area contributed by atoms with Gasteiger partial charge in [0.2, 0.25) is 5.91 Å². The Morgan fingerprint density at radius 2 is 1.87 bits per heavy atom. The highest BCUT2D eigenvalue weighted by Gasteiger charge is 2.31. The monoisotopic (exact) mass is 328 g/mol. The largest absolute Gasteiger partial charge is 0.347 e. The molecule has 0 unspecified atom stereocenters. The number of rotatable bonds is 3. The van der Waals surface area contributed by atoms with E-state index in [4.69, 9.17) is 11.6 Å². The zero-order chi connectivity index (χ0) is 16.4. The molecule has 1 aliphatic rings. The molecular formula is C18H17ClN2O2. The van der Waals surface area contributed by atoms with Crippen LogP contribution in [0.15, 0.2) is 48.5 Å². The molecule has 0 aliphatic carbocycles. The topological polar surface area (TPSA) is 49.4 Å². The van der Waals surface area contributed by atoms with Crippen LogP contribution in [0.5, 0.6) is 0 Å². The van der Waals surface area contributed by atoms with Gasteiger partial charge in [-0.15, -0.1) is 0 Å². The number of carbonyl (C=O) groups excluding carboxylic acids is 2. The highest BCUT2D eigenvalue weighted by Crippen LogP contribution is 2.22. The van der Waals surface area contributed by atoms with Crippen LogP contribution in [-0.2, 0) is 4.79 Å². The van der Waals surface area contributed by atoms with E-state index in [-0.39, 0.29) is 17.9 Å². The minimum absolute atomic E-state index is 0.0123. The second-order valence-corrected chi connectivity index (χ2v) is 6.10. The Morgan fingerprint density at radius 3 is 2.57 bits per heavy atom. The lowest BCUT2D eigenvalue weighted by Gasteiger charge is -2.17. The molecule has 4 nitrogen and oxygen atoms in total. The Bertz CT molecular complexity index is 743. The molecule has 23 heavy (non-hydrogen) atoms. The molecule has 3 rings (SSSR count). The van der Waals surface area contributed by atoms with Gasteiger partial charge in [0.1, 0.15) is 0 Å². The van der Waals surface area contributed by atoms with E-state index in [1.54, 1.807) is 29.2 Å². The average Bonchev–Trinajstić information content (AvgIpc) is 2.89. The van der Waals surface area contributed by atoms with E-state index in [1.165, 1.54) is 0 Å². The van der Waals surface area contributed by atoms with Crippen molar-refractivity contribution in [3.8, 4) is 0 Å². The van der Waals surface area contributed by atoms with E-state index in [9.17, 15) is 9.59 Å². The molecule has 1 saturated heterocycles. The van der Waals surface area contributed by atoms with Crippen LogP contribution in [-0.4, -0.2) is 24.4 Å². The number of carbonyl (C=O) groups is 2. The van der Waals surface area contributed by atoms with E-state index in [2.05, 4.69) is 5.32 Å². The van der Waals surface area contributed by atoms with E-state index in [1.807, 2.05) is 31.2 Å². The van der Waals surface area contributed by atoms with Crippen molar-refractivity contribution in [2.75, 3.05) is 11.4 Å². The SMILES string of the molecule is Cc1ccc(N2C[C@@H](NC(=O)c3ccccc3Cl)CC2=O)cc1. The maximum Gasteiger partial charge on any atom is 0.253 e. The minimum atomic E-state index is -0.251. The Kier molecular flexibility index (Phi) is 4.35. The zero-order valence-electron chi connectivity index (χ0n) is 12.8. The van der Waals surface area contributed by atoms with Crippen molar-refractivity contribution in [3.05, 3.63) is 64.7 Å². The second-order valence-electron chi connectivity index (χ2n) is 5.69. The van der Waals surface area contributed by atoms with Crippen LogP contribution < -0.4 is 10.2 Å². The minimum Gasteiger partial charge on any atom is -0.347 e. The number of nitrogens with one attached hydrogen (secondary N) is 1. The summed E-state index contributed by atoms with van der Waals surface area (Å²) in [6.07, 6.45) is 0.296. The van der Waals surface area contributed by atoms with Crippen molar-refractivity contribution in [1.29, 1.82) is 0 Å². The number of nitrogens with zero attached hydrogens (tertiary/aromatic N) is 1. The van der Waals surface area contributed by atoms with Crippen molar-refractivity contribution in [1.82, 2.24) is 5.32 Å². The molecule has 1 fully saturated rings. The Hall–Kier alpha value is -2.33. The molecule has 2 aromatic rings. The zero-order valence-corrected chi connectivity index (χ0v) is 13.5. The molecule has 1 aliphatic heterocycles. The fourth-order valence-corrected chi connectivity index (χ4v) is 2.91. The molecule has 1 N–H and O–H groups in total. The summed E-state index contributed by atoms with van der Waals surface area (Å²) in [5.41, 5.74) is 2.43. The standard InChI is InChI=1S/C18H17ClN2O2/c1-12-6-8-14(9-7-12)21-11-13(10-17(21)22)20-18(23)15-4-2-3-5-16(15)19/h2-9,13H,10-11H2,1H3,(H,20,23)/t13-/m0/s1. The highest BCUT2D eigenvalue weighted by molar-refractivity contribution is 6.33. The first kappa shape index (κ1) is 15.6.